The van der Waals surface area contributed by atoms with E-state index in [2.05, 4.69) is 37.4 Å². The van der Waals surface area contributed by atoms with Gasteiger partial charge in [-0.2, -0.15) is 0 Å². The Morgan fingerprint density at radius 3 is 2.82 bits per heavy atom. The minimum Gasteiger partial charge on any atom is -0.394 e. The van der Waals surface area contributed by atoms with E-state index in [1.807, 2.05) is 6.07 Å². The van der Waals surface area contributed by atoms with Gasteiger partial charge in [0.05, 0.1) is 12.1 Å². The molecule has 2 nitrogen and oxygen atoms in total. The Morgan fingerprint density at radius 2 is 2.18 bits per heavy atom. The Hall–Kier alpha value is -1.02. The maximum absolute atomic E-state index is 9.75. The summed E-state index contributed by atoms with van der Waals surface area (Å²) >= 11 is 0. The van der Waals surface area contributed by atoms with Crippen molar-refractivity contribution in [3.63, 3.8) is 0 Å². The molecule has 0 spiro atoms. The molecule has 0 aromatic heterocycles. The van der Waals surface area contributed by atoms with Crippen LogP contribution < -0.4 is 5.32 Å². The zero-order valence-corrected chi connectivity index (χ0v) is 10.9. The highest BCUT2D eigenvalue weighted by atomic mass is 16.3. The minimum absolute atomic E-state index is 0.107. The van der Waals surface area contributed by atoms with E-state index in [-0.39, 0.29) is 12.1 Å². The van der Waals surface area contributed by atoms with Crippen LogP contribution in [0.4, 0.5) is 5.69 Å². The average Bonchev–Trinajstić information content (AvgIpc) is 2.32. The van der Waals surface area contributed by atoms with Gasteiger partial charge in [-0.3, -0.25) is 0 Å². The molecule has 2 rings (SSSR count). The molecular weight excluding hydrogens is 210 g/mol. The van der Waals surface area contributed by atoms with Gasteiger partial charge in [0.1, 0.15) is 0 Å². The van der Waals surface area contributed by atoms with Gasteiger partial charge >= 0.3 is 0 Å². The molecule has 2 unspecified atom stereocenters. The molecule has 17 heavy (non-hydrogen) atoms. The molecule has 0 bridgehead atoms. The molecule has 94 valence electrons. The van der Waals surface area contributed by atoms with E-state index in [0.29, 0.717) is 5.92 Å². The zero-order valence-electron chi connectivity index (χ0n) is 10.9. The van der Waals surface area contributed by atoms with Crippen LogP contribution in [0.25, 0.3) is 0 Å². The Morgan fingerprint density at radius 1 is 1.41 bits per heavy atom. The first-order chi connectivity index (χ1) is 8.15. The van der Waals surface area contributed by atoms with Crippen molar-refractivity contribution >= 4 is 5.69 Å². The summed E-state index contributed by atoms with van der Waals surface area (Å²) in [6.07, 6.45) is 4.64. The SMILES string of the molecule is Cc1ccccc1NC1(CO)CCCC(C)C1. The van der Waals surface area contributed by atoms with Gasteiger partial charge in [-0.1, -0.05) is 38.0 Å². The van der Waals surface area contributed by atoms with Crippen LogP contribution >= 0.6 is 0 Å². The van der Waals surface area contributed by atoms with E-state index in [1.165, 1.54) is 18.4 Å². The maximum Gasteiger partial charge on any atom is 0.0661 e. The molecule has 0 amide bonds. The zero-order chi connectivity index (χ0) is 12.3. The highest BCUT2D eigenvalue weighted by Crippen LogP contribution is 2.35. The van der Waals surface area contributed by atoms with Crippen LogP contribution in [-0.4, -0.2) is 17.3 Å². The van der Waals surface area contributed by atoms with Crippen molar-refractivity contribution in [1.29, 1.82) is 0 Å². The molecule has 1 fully saturated rings. The fraction of sp³-hybridized carbons (Fsp3) is 0.600. The predicted molar refractivity (Wildman–Crippen MR) is 72.3 cm³/mol. The third-order valence-corrected chi connectivity index (χ3v) is 3.94. The number of hydrogen-bond acceptors (Lipinski definition) is 2. The molecule has 1 aromatic rings. The first-order valence-corrected chi connectivity index (χ1v) is 6.60. The van der Waals surface area contributed by atoms with E-state index in [4.69, 9.17) is 0 Å². The van der Waals surface area contributed by atoms with Crippen molar-refractivity contribution in [1.82, 2.24) is 0 Å². The molecule has 2 N–H and O–H groups in total. The summed E-state index contributed by atoms with van der Waals surface area (Å²) in [5.41, 5.74) is 2.30. The lowest BCUT2D eigenvalue weighted by molar-refractivity contribution is 0.149. The van der Waals surface area contributed by atoms with Gasteiger partial charge in [0, 0.05) is 5.69 Å². The third-order valence-electron chi connectivity index (χ3n) is 3.94. The number of benzene rings is 1. The number of hydrogen-bond donors (Lipinski definition) is 2. The summed E-state index contributed by atoms with van der Waals surface area (Å²) in [7, 11) is 0. The summed E-state index contributed by atoms with van der Waals surface area (Å²) in [6.45, 7) is 4.62. The van der Waals surface area contributed by atoms with Crippen molar-refractivity contribution in [2.75, 3.05) is 11.9 Å². The number of nitrogens with one attached hydrogen (secondary N) is 1. The standard InChI is InChI=1S/C15H23NO/c1-12-6-5-9-15(10-12,11-17)16-14-8-4-3-7-13(14)2/h3-4,7-8,12,16-17H,5-6,9-11H2,1-2H3. The molecule has 1 saturated carbocycles. The van der Waals surface area contributed by atoms with Gasteiger partial charge in [0.2, 0.25) is 0 Å². The van der Waals surface area contributed by atoms with E-state index < -0.39 is 0 Å². The second-order valence-corrected chi connectivity index (χ2v) is 5.58. The quantitative estimate of drug-likeness (QED) is 0.839. The monoisotopic (exact) mass is 233 g/mol. The molecule has 0 heterocycles. The highest BCUT2D eigenvalue weighted by molar-refractivity contribution is 5.52. The normalized spacial score (nSPS) is 29.0. The number of rotatable bonds is 3. The fourth-order valence-electron chi connectivity index (χ4n) is 2.96. The van der Waals surface area contributed by atoms with E-state index in [0.717, 1.165) is 18.5 Å². The first-order valence-electron chi connectivity index (χ1n) is 6.60. The van der Waals surface area contributed by atoms with Crippen molar-refractivity contribution in [2.24, 2.45) is 5.92 Å². The molecule has 2 heteroatoms. The molecule has 0 radical (unpaired) electrons. The van der Waals surface area contributed by atoms with Crippen molar-refractivity contribution in [3.05, 3.63) is 29.8 Å². The number of para-hydroxylation sites is 1. The number of anilines is 1. The lowest BCUT2D eigenvalue weighted by atomic mass is 9.76. The molecular formula is C15H23NO. The van der Waals surface area contributed by atoms with Gasteiger partial charge in [0.25, 0.3) is 0 Å². The second kappa shape index (κ2) is 5.09. The molecule has 1 aliphatic rings. The van der Waals surface area contributed by atoms with Crippen LogP contribution in [0.2, 0.25) is 0 Å². The van der Waals surface area contributed by atoms with Gasteiger partial charge in [-0.25, -0.2) is 0 Å². The summed E-state index contributed by atoms with van der Waals surface area (Å²) in [6, 6.07) is 8.31. The Kier molecular flexibility index (Phi) is 3.72. The highest BCUT2D eigenvalue weighted by Gasteiger charge is 2.34. The molecule has 0 saturated heterocycles. The van der Waals surface area contributed by atoms with Crippen molar-refractivity contribution in [3.8, 4) is 0 Å². The second-order valence-electron chi connectivity index (χ2n) is 5.58. The lowest BCUT2D eigenvalue weighted by Crippen LogP contribution is -2.46. The molecule has 0 aliphatic heterocycles. The van der Waals surface area contributed by atoms with Gasteiger partial charge in [-0.15, -0.1) is 0 Å². The van der Waals surface area contributed by atoms with Crippen LogP contribution in [-0.2, 0) is 0 Å². The van der Waals surface area contributed by atoms with Crippen molar-refractivity contribution in [2.45, 2.75) is 45.1 Å². The minimum atomic E-state index is -0.107. The third kappa shape index (κ3) is 2.81. The number of aryl methyl sites for hydroxylation is 1. The average molecular weight is 233 g/mol. The van der Waals surface area contributed by atoms with E-state index in [1.54, 1.807) is 0 Å². The summed E-state index contributed by atoms with van der Waals surface area (Å²) in [5, 5.41) is 13.3. The van der Waals surface area contributed by atoms with Crippen LogP contribution in [0.5, 0.6) is 0 Å². The van der Waals surface area contributed by atoms with E-state index >= 15 is 0 Å². The largest absolute Gasteiger partial charge is 0.394 e. The maximum atomic E-state index is 9.75. The first kappa shape index (κ1) is 12.4. The molecule has 1 aliphatic carbocycles. The Labute approximate surface area is 104 Å². The number of aliphatic hydroxyl groups excluding tert-OH is 1. The van der Waals surface area contributed by atoms with Gasteiger partial charge in [0.15, 0.2) is 0 Å². The topological polar surface area (TPSA) is 32.3 Å². The number of aliphatic hydroxyl groups is 1. The molecule has 1 aromatic carbocycles. The van der Waals surface area contributed by atoms with Crippen LogP contribution in [0.15, 0.2) is 24.3 Å². The van der Waals surface area contributed by atoms with Gasteiger partial charge < -0.3 is 10.4 Å². The summed E-state index contributed by atoms with van der Waals surface area (Å²) < 4.78 is 0. The van der Waals surface area contributed by atoms with Gasteiger partial charge in [-0.05, 0) is 37.3 Å². The fourth-order valence-corrected chi connectivity index (χ4v) is 2.96. The van der Waals surface area contributed by atoms with Crippen LogP contribution in [0.3, 0.4) is 0 Å². The van der Waals surface area contributed by atoms with Crippen LogP contribution in [0.1, 0.15) is 38.2 Å². The van der Waals surface area contributed by atoms with E-state index in [9.17, 15) is 5.11 Å². The smallest absolute Gasteiger partial charge is 0.0661 e. The predicted octanol–water partition coefficient (Wildman–Crippen LogP) is 3.35. The summed E-state index contributed by atoms with van der Waals surface area (Å²) in [5.74, 6) is 0.701. The van der Waals surface area contributed by atoms with Crippen molar-refractivity contribution < 1.29 is 5.11 Å². The Balaban J connectivity index is 2.17. The molecule has 2 atom stereocenters. The summed E-state index contributed by atoms with van der Waals surface area (Å²) in [4.78, 5) is 0. The van der Waals surface area contributed by atoms with Crippen LogP contribution in [0, 0.1) is 12.8 Å². The Bertz CT molecular complexity index is 377. The lowest BCUT2D eigenvalue weighted by Gasteiger charge is -2.40.